The Morgan fingerprint density at radius 1 is 1.00 bits per heavy atom. The van der Waals surface area contributed by atoms with Gasteiger partial charge in [-0.15, -0.1) is 0 Å². The molecule has 2 rings (SSSR count). The number of anilines is 1. The van der Waals surface area contributed by atoms with E-state index in [2.05, 4.69) is 21.2 Å². The van der Waals surface area contributed by atoms with E-state index in [-0.39, 0.29) is 24.5 Å². The van der Waals surface area contributed by atoms with Crippen LogP contribution in [0.4, 0.5) is 5.69 Å². The number of benzene rings is 2. The molecule has 0 bridgehead atoms. The van der Waals surface area contributed by atoms with Gasteiger partial charge in [-0.1, -0.05) is 39.7 Å². The highest BCUT2D eigenvalue weighted by Gasteiger charge is 2.11. The molecule has 0 atom stereocenters. The van der Waals surface area contributed by atoms with Crippen LogP contribution in [0, 0.1) is 13.8 Å². The third-order valence-corrected chi connectivity index (χ3v) is 3.92. The van der Waals surface area contributed by atoms with Gasteiger partial charge in [-0.2, -0.15) is 0 Å². The molecule has 2 aromatic rings. The number of nitrogens with one attached hydrogen (secondary N) is 1. The summed E-state index contributed by atoms with van der Waals surface area (Å²) in [5.41, 5.74) is 3.51. The molecule has 0 heterocycles. The number of hydrogen-bond acceptors (Lipinski definition) is 2. The molecule has 1 amide bonds. The number of amides is 1. The minimum atomic E-state index is -0.152. The van der Waals surface area contributed by atoms with Crippen molar-refractivity contribution in [3.05, 3.63) is 63.6 Å². The van der Waals surface area contributed by atoms with Gasteiger partial charge in [0.2, 0.25) is 5.91 Å². The molecule has 0 aliphatic heterocycles. The first kappa shape index (κ1) is 16.4. The monoisotopic (exact) mass is 359 g/mol. The van der Waals surface area contributed by atoms with E-state index in [4.69, 9.17) is 0 Å². The van der Waals surface area contributed by atoms with Gasteiger partial charge >= 0.3 is 0 Å². The Morgan fingerprint density at radius 3 is 2.32 bits per heavy atom. The van der Waals surface area contributed by atoms with E-state index >= 15 is 0 Å². The van der Waals surface area contributed by atoms with Gasteiger partial charge in [-0.3, -0.25) is 9.59 Å². The van der Waals surface area contributed by atoms with Crippen molar-refractivity contribution < 1.29 is 9.59 Å². The molecule has 0 aromatic heterocycles. The minimum Gasteiger partial charge on any atom is -0.326 e. The van der Waals surface area contributed by atoms with Crippen LogP contribution in [0.3, 0.4) is 0 Å². The predicted molar refractivity (Wildman–Crippen MR) is 92.3 cm³/mol. The zero-order valence-electron chi connectivity index (χ0n) is 12.7. The molecule has 0 saturated heterocycles. The lowest BCUT2D eigenvalue weighted by Gasteiger charge is -2.07. The van der Waals surface area contributed by atoms with E-state index in [1.165, 1.54) is 0 Å². The fourth-order valence-electron chi connectivity index (χ4n) is 2.24. The molecule has 0 spiro atoms. The molecule has 22 heavy (non-hydrogen) atoms. The van der Waals surface area contributed by atoms with Gasteiger partial charge in [-0.25, -0.2) is 0 Å². The Hall–Kier alpha value is -1.94. The first-order valence-electron chi connectivity index (χ1n) is 7.11. The van der Waals surface area contributed by atoms with E-state index in [1.54, 1.807) is 0 Å². The fourth-order valence-corrected chi connectivity index (χ4v) is 2.51. The van der Waals surface area contributed by atoms with Gasteiger partial charge in [0.05, 0.1) is 0 Å². The number of ketones is 1. The lowest BCUT2D eigenvalue weighted by molar-refractivity contribution is -0.116. The Kier molecular flexibility index (Phi) is 5.50. The number of aryl methyl sites for hydroxylation is 2. The van der Waals surface area contributed by atoms with Gasteiger partial charge in [0.25, 0.3) is 0 Å². The average Bonchev–Trinajstić information content (AvgIpc) is 2.47. The molecule has 114 valence electrons. The Labute approximate surface area is 138 Å². The van der Waals surface area contributed by atoms with Crippen LogP contribution in [-0.4, -0.2) is 11.7 Å². The molecule has 4 heteroatoms. The van der Waals surface area contributed by atoms with Crippen LogP contribution in [0.1, 0.15) is 34.3 Å². The number of halogens is 1. The number of Topliss-reactive ketones (excluding diaryl/α,β-unsaturated/α-hetero) is 1. The van der Waals surface area contributed by atoms with Crippen molar-refractivity contribution in [2.45, 2.75) is 26.7 Å². The van der Waals surface area contributed by atoms with Crippen LogP contribution >= 0.6 is 15.9 Å². The second-order valence-electron chi connectivity index (χ2n) is 5.30. The Balaban J connectivity index is 1.90. The summed E-state index contributed by atoms with van der Waals surface area (Å²) in [6, 6.07) is 13.1. The van der Waals surface area contributed by atoms with Crippen LogP contribution in [0.15, 0.2) is 46.9 Å². The second-order valence-corrected chi connectivity index (χ2v) is 6.21. The largest absolute Gasteiger partial charge is 0.326 e. The molecule has 0 saturated carbocycles. The molecule has 0 radical (unpaired) electrons. The highest BCUT2D eigenvalue weighted by atomic mass is 79.9. The molecule has 0 unspecified atom stereocenters. The fraction of sp³-hybridized carbons (Fsp3) is 0.222. The van der Waals surface area contributed by atoms with Crippen molar-refractivity contribution in [2.75, 3.05) is 5.32 Å². The van der Waals surface area contributed by atoms with Crippen LogP contribution < -0.4 is 5.32 Å². The molecular weight excluding hydrogens is 342 g/mol. The van der Waals surface area contributed by atoms with Gasteiger partial charge < -0.3 is 5.32 Å². The number of rotatable bonds is 5. The summed E-state index contributed by atoms with van der Waals surface area (Å²) in [4.78, 5) is 24.1. The number of carbonyl (C=O) groups excluding carboxylic acids is 2. The quantitative estimate of drug-likeness (QED) is 0.788. The van der Waals surface area contributed by atoms with Crippen LogP contribution in [-0.2, 0) is 4.79 Å². The van der Waals surface area contributed by atoms with E-state index in [9.17, 15) is 9.59 Å². The number of hydrogen-bond donors (Lipinski definition) is 1. The summed E-state index contributed by atoms with van der Waals surface area (Å²) in [5, 5.41) is 2.79. The van der Waals surface area contributed by atoms with Gasteiger partial charge in [-0.05, 0) is 43.7 Å². The van der Waals surface area contributed by atoms with E-state index in [1.807, 2.05) is 56.3 Å². The smallest absolute Gasteiger partial charge is 0.224 e. The minimum absolute atomic E-state index is 0.00320. The van der Waals surface area contributed by atoms with Crippen LogP contribution in [0.25, 0.3) is 0 Å². The molecule has 0 aliphatic carbocycles. The average molecular weight is 360 g/mol. The van der Waals surface area contributed by atoms with Crippen molar-refractivity contribution in [1.29, 1.82) is 0 Å². The molecule has 0 fully saturated rings. The van der Waals surface area contributed by atoms with Crippen molar-refractivity contribution in [1.82, 2.24) is 0 Å². The molecular formula is C18H18BrNO2. The topological polar surface area (TPSA) is 46.2 Å². The summed E-state index contributed by atoms with van der Waals surface area (Å²) in [7, 11) is 0. The third kappa shape index (κ3) is 4.53. The Morgan fingerprint density at radius 2 is 1.68 bits per heavy atom. The van der Waals surface area contributed by atoms with Crippen molar-refractivity contribution in [3.8, 4) is 0 Å². The summed E-state index contributed by atoms with van der Waals surface area (Å²) in [6.07, 6.45) is 0.397. The molecule has 2 aromatic carbocycles. The van der Waals surface area contributed by atoms with E-state index in [0.717, 1.165) is 21.3 Å². The number of carbonyl (C=O) groups is 2. The van der Waals surface area contributed by atoms with Gasteiger partial charge in [0, 0.05) is 28.6 Å². The van der Waals surface area contributed by atoms with E-state index in [0.29, 0.717) is 5.56 Å². The summed E-state index contributed by atoms with van der Waals surface area (Å²) in [5.74, 6) is -0.149. The maximum atomic E-state index is 12.2. The highest BCUT2D eigenvalue weighted by molar-refractivity contribution is 9.10. The maximum Gasteiger partial charge on any atom is 0.224 e. The van der Waals surface area contributed by atoms with Crippen LogP contribution in [0.2, 0.25) is 0 Å². The van der Waals surface area contributed by atoms with Crippen molar-refractivity contribution in [2.24, 2.45) is 0 Å². The highest BCUT2D eigenvalue weighted by Crippen LogP contribution is 2.16. The third-order valence-electron chi connectivity index (χ3n) is 3.39. The molecule has 1 N–H and O–H groups in total. The molecule has 3 nitrogen and oxygen atoms in total. The maximum absolute atomic E-state index is 12.2. The normalized spacial score (nSPS) is 10.3. The van der Waals surface area contributed by atoms with Gasteiger partial charge in [0.15, 0.2) is 5.78 Å². The van der Waals surface area contributed by atoms with E-state index < -0.39 is 0 Å². The summed E-state index contributed by atoms with van der Waals surface area (Å²) < 4.78 is 0.954. The zero-order valence-corrected chi connectivity index (χ0v) is 14.2. The lowest BCUT2D eigenvalue weighted by Crippen LogP contribution is -2.13. The first-order valence-corrected chi connectivity index (χ1v) is 7.91. The predicted octanol–water partition coefficient (Wildman–Crippen LogP) is 4.67. The second kappa shape index (κ2) is 7.36. The molecule has 0 aliphatic rings. The van der Waals surface area contributed by atoms with Gasteiger partial charge in [0.1, 0.15) is 0 Å². The Bertz CT molecular complexity index is 693. The first-order chi connectivity index (χ1) is 10.5. The summed E-state index contributed by atoms with van der Waals surface area (Å²) in [6.45, 7) is 3.91. The van der Waals surface area contributed by atoms with Crippen LogP contribution in [0.5, 0.6) is 0 Å². The zero-order chi connectivity index (χ0) is 16.1. The van der Waals surface area contributed by atoms with Crippen molar-refractivity contribution in [3.63, 3.8) is 0 Å². The van der Waals surface area contributed by atoms with Crippen molar-refractivity contribution >= 4 is 33.3 Å². The SMILES string of the molecule is Cc1ccc(C(=O)CCC(=O)Nc2ccc(Br)cc2)c(C)c1. The standard InChI is InChI=1S/C18H18BrNO2/c1-12-3-8-16(13(2)11-12)17(21)9-10-18(22)20-15-6-4-14(19)5-7-15/h3-8,11H,9-10H2,1-2H3,(H,20,22). The lowest BCUT2D eigenvalue weighted by atomic mass is 9.99. The summed E-state index contributed by atoms with van der Waals surface area (Å²) >= 11 is 3.34.